The second-order valence-electron chi connectivity index (χ2n) is 4.11. The van der Waals surface area contributed by atoms with Crippen LogP contribution in [0.1, 0.15) is 15.9 Å². The first-order chi connectivity index (χ1) is 9.11. The van der Waals surface area contributed by atoms with Crippen molar-refractivity contribution >= 4 is 33.2 Å². The van der Waals surface area contributed by atoms with Gasteiger partial charge in [-0.1, -0.05) is 6.07 Å². The van der Waals surface area contributed by atoms with Gasteiger partial charge in [-0.05, 0) is 46.6 Å². The summed E-state index contributed by atoms with van der Waals surface area (Å²) < 4.78 is 0.857. The van der Waals surface area contributed by atoms with E-state index >= 15 is 0 Å². The molecule has 1 amide bonds. The first kappa shape index (κ1) is 13.5. The number of benzene rings is 1. The van der Waals surface area contributed by atoms with Crippen molar-refractivity contribution in [3.8, 4) is 0 Å². The minimum atomic E-state index is -0.193. The molecule has 0 spiro atoms. The number of nitrogens with one attached hydrogen (secondary N) is 2. The summed E-state index contributed by atoms with van der Waals surface area (Å²) in [5.74, 6) is -0.193. The Morgan fingerprint density at radius 2 is 2.05 bits per heavy atom. The van der Waals surface area contributed by atoms with Gasteiger partial charge in [0.2, 0.25) is 0 Å². The average molecular weight is 320 g/mol. The van der Waals surface area contributed by atoms with Gasteiger partial charge in [-0.3, -0.25) is 9.78 Å². The standard InChI is InChI=1S/C14H14BrN3O/c1-9-3-4-13(11(15)7-9)18-14(19)10-8-17-6-5-12(10)16-2/h3-8H,1-2H3,(H,16,17)(H,18,19). The van der Waals surface area contributed by atoms with E-state index in [0.717, 1.165) is 21.4 Å². The molecule has 19 heavy (non-hydrogen) atoms. The third kappa shape index (κ3) is 3.12. The number of carbonyl (C=O) groups is 1. The Morgan fingerprint density at radius 1 is 1.26 bits per heavy atom. The molecular weight excluding hydrogens is 306 g/mol. The van der Waals surface area contributed by atoms with Crippen LogP contribution in [0.5, 0.6) is 0 Å². The Balaban J connectivity index is 2.26. The maximum absolute atomic E-state index is 12.2. The molecule has 0 fully saturated rings. The Kier molecular flexibility index (Phi) is 4.16. The topological polar surface area (TPSA) is 54.0 Å². The van der Waals surface area contributed by atoms with Crippen LogP contribution >= 0.6 is 15.9 Å². The minimum absolute atomic E-state index is 0.193. The summed E-state index contributed by atoms with van der Waals surface area (Å²) in [6, 6.07) is 7.53. The molecular formula is C14H14BrN3O. The molecule has 0 saturated heterocycles. The van der Waals surface area contributed by atoms with Crippen LogP contribution in [0.25, 0.3) is 0 Å². The highest BCUT2D eigenvalue weighted by molar-refractivity contribution is 9.10. The zero-order valence-corrected chi connectivity index (χ0v) is 12.3. The molecule has 0 atom stereocenters. The number of hydrogen-bond donors (Lipinski definition) is 2. The third-order valence-corrected chi connectivity index (χ3v) is 3.36. The molecule has 1 heterocycles. The Bertz CT molecular complexity index is 613. The lowest BCUT2D eigenvalue weighted by molar-refractivity contribution is 0.102. The Labute approximate surface area is 120 Å². The van der Waals surface area contributed by atoms with Gasteiger partial charge in [0.1, 0.15) is 0 Å². The van der Waals surface area contributed by atoms with Crippen LogP contribution < -0.4 is 10.6 Å². The molecule has 0 aliphatic heterocycles. The summed E-state index contributed by atoms with van der Waals surface area (Å²) in [4.78, 5) is 16.2. The lowest BCUT2D eigenvalue weighted by Crippen LogP contribution is -2.14. The van der Waals surface area contributed by atoms with Crippen LogP contribution in [0.3, 0.4) is 0 Å². The van der Waals surface area contributed by atoms with E-state index in [-0.39, 0.29) is 5.91 Å². The summed E-state index contributed by atoms with van der Waals surface area (Å²) >= 11 is 3.44. The first-order valence-electron chi connectivity index (χ1n) is 5.81. The number of nitrogens with zero attached hydrogens (tertiary/aromatic N) is 1. The van der Waals surface area contributed by atoms with E-state index in [2.05, 4.69) is 31.5 Å². The smallest absolute Gasteiger partial charge is 0.259 e. The van der Waals surface area contributed by atoms with Crippen molar-refractivity contribution in [2.75, 3.05) is 17.7 Å². The number of aromatic nitrogens is 1. The SMILES string of the molecule is CNc1ccncc1C(=O)Nc1ccc(C)cc1Br. The van der Waals surface area contributed by atoms with E-state index in [9.17, 15) is 4.79 Å². The monoisotopic (exact) mass is 319 g/mol. The van der Waals surface area contributed by atoms with Crippen LogP contribution in [0.15, 0.2) is 41.1 Å². The maximum Gasteiger partial charge on any atom is 0.259 e. The molecule has 98 valence electrons. The normalized spacial score (nSPS) is 10.1. The minimum Gasteiger partial charge on any atom is -0.387 e. The molecule has 2 N–H and O–H groups in total. The van der Waals surface area contributed by atoms with Crippen molar-refractivity contribution in [3.63, 3.8) is 0 Å². The highest BCUT2D eigenvalue weighted by atomic mass is 79.9. The van der Waals surface area contributed by atoms with Crippen molar-refractivity contribution < 1.29 is 4.79 Å². The summed E-state index contributed by atoms with van der Waals surface area (Å²) in [6.45, 7) is 2.00. The van der Waals surface area contributed by atoms with Gasteiger partial charge in [0.15, 0.2) is 0 Å². The average Bonchev–Trinajstić information content (AvgIpc) is 2.41. The van der Waals surface area contributed by atoms with Crippen molar-refractivity contribution in [1.29, 1.82) is 0 Å². The van der Waals surface area contributed by atoms with E-state index in [1.807, 2.05) is 25.1 Å². The number of anilines is 2. The zero-order valence-electron chi connectivity index (χ0n) is 10.7. The van der Waals surface area contributed by atoms with Gasteiger partial charge in [0.25, 0.3) is 5.91 Å². The summed E-state index contributed by atoms with van der Waals surface area (Å²) in [5, 5.41) is 5.84. The molecule has 2 aromatic rings. The largest absolute Gasteiger partial charge is 0.387 e. The molecule has 4 nitrogen and oxygen atoms in total. The summed E-state index contributed by atoms with van der Waals surface area (Å²) in [7, 11) is 1.77. The van der Waals surface area contributed by atoms with Crippen molar-refractivity contribution in [3.05, 3.63) is 52.3 Å². The predicted molar refractivity (Wildman–Crippen MR) is 80.6 cm³/mol. The van der Waals surface area contributed by atoms with Gasteiger partial charge in [-0.15, -0.1) is 0 Å². The van der Waals surface area contributed by atoms with Crippen molar-refractivity contribution in [1.82, 2.24) is 4.98 Å². The van der Waals surface area contributed by atoms with Crippen LogP contribution in [-0.2, 0) is 0 Å². The third-order valence-electron chi connectivity index (χ3n) is 2.71. The number of pyridine rings is 1. The molecule has 0 aliphatic carbocycles. The van der Waals surface area contributed by atoms with Crippen LogP contribution in [0.2, 0.25) is 0 Å². The molecule has 1 aromatic heterocycles. The lowest BCUT2D eigenvalue weighted by atomic mass is 10.2. The fourth-order valence-electron chi connectivity index (χ4n) is 1.70. The highest BCUT2D eigenvalue weighted by Gasteiger charge is 2.12. The number of aryl methyl sites for hydroxylation is 1. The number of halogens is 1. The van der Waals surface area contributed by atoms with E-state index in [0.29, 0.717) is 5.56 Å². The van der Waals surface area contributed by atoms with Crippen LogP contribution in [-0.4, -0.2) is 17.9 Å². The predicted octanol–water partition coefficient (Wildman–Crippen LogP) is 3.45. The van der Waals surface area contributed by atoms with E-state index in [4.69, 9.17) is 0 Å². The Morgan fingerprint density at radius 3 is 2.74 bits per heavy atom. The van der Waals surface area contributed by atoms with Gasteiger partial charge >= 0.3 is 0 Å². The molecule has 5 heteroatoms. The molecule has 0 aliphatic rings. The number of amides is 1. The molecule has 0 radical (unpaired) electrons. The molecule has 2 rings (SSSR count). The first-order valence-corrected chi connectivity index (χ1v) is 6.60. The molecule has 0 bridgehead atoms. The number of hydrogen-bond acceptors (Lipinski definition) is 3. The maximum atomic E-state index is 12.2. The quantitative estimate of drug-likeness (QED) is 0.911. The van der Waals surface area contributed by atoms with Crippen LogP contribution in [0.4, 0.5) is 11.4 Å². The second kappa shape index (κ2) is 5.84. The van der Waals surface area contributed by atoms with Crippen molar-refractivity contribution in [2.24, 2.45) is 0 Å². The van der Waals surface area contributed by atoms with Gasteiger partial charge in [0.05, 0.1) is 11.3 Å². The van der Waals surface area contributed by atoms with E-state index in [1.165, 1.54) is 0 Å². The number of carbonyl (C=O) groups excluding carboxylic acids is 1. The number of rotatable bonds is 3. The highest BCUT2D eigenvalue weighted by Crippen LogP contribution is 2.24. The Hall–Kier alpha value is -1.88. The van der Waals surface area contributed by atoms with E-state index < -0.39 is 0 Å². The summed E-state index contributed by atoms with van der Waals surface area (Å²) in [6.07, 6.45) is 3.19. The van der Waals surface area contributed by atoms with Gasteiger partial charge in [-0.25, -0.2) is 0 Å². The molecule has 0 unspecified atom stereocenters. The zero-order chi connectivity index (χ0) is 13.8. The molecule has 1 aromatic carbocycles. The van der Waals surface area contributed by atoms with E-state index in [1.54, 1.807) is 25.5 Å². The fraction of sp³-hybridized carbons (Fsp3) is 0.143. The van der Waals surface area contributed by atoms with Gasteiger partial charge in [-0.2, -0.15) is 0 Å². The van der Waals surface area contributed by atoms with Gasteiger partial charge < -0.3 is 10.6 Å². The fourth-order valence-corrected chi connectivity index (χ4v) is 2.30. The molecule has 0 saturated carbocycles. The second-order valence-corrected chi connectivity index (χ2v) is 4.96. The summed E-state index contributed by atoms with van der Waals surface area (Å²) in [5.41, 5.74) is 3.12. The van der Waals surface area contributed by atoms with Crippen LogP contribution in [0, 0.1) is 6.92 Å². The van der Waals surface area contributed by atoms with Gasteiger partial charge in [0, 0.05) is 29.6 Å². The van der Waals surface area contributed by atoms with Crippen molar-refractivity contribution in [2.45, 2.75) is 6.92 Å². The lowest BCUT2D eigenvalue weighted by Gasteiger charge is -2.10.